The number of rotatable bonds is 3. The van der Waals surface area contributed by atoms with Gasteiger partial charge in [-0.3, -0.25) is 0 Å². The maximum Gasteiger partial charge on any atom is 0.488 e. The number of halogens is 4. The predicted molar refractivity (Wildman–Crippen MR) is 220 cm³/mol. The molecular formula is C42H27BBr2Cl2O4. The van der Waals surface area contributed by atoms with Crippen molar-refractivity contribution in [2.75, 3.05) is 0 Å². The Bertz CT molecular complexity index is 2610. The van der Waals surface area contributed by atoms with E-state index in [1.165, 1.54) is 11.1 Å². The molecule has 0 aliphatic rings. The van der Waals surface area contributed by atoms with E-state index >= 15 is 0 Å². The van der Waals surface area contributed by atoms with Crippen molar-refractivity contribution in [3.63, 3.8) is 0 Å². The summed E-state index contributed by atoms with van der Waals surface area (Å²) in [6.07, 6.45) is 0. The fraction of sp³-hybridized carbons (Fsp3) is 0. The maximum atomic E-state index is 8.58. The minimum atomic E-state index is -1.34. The van der Waals surface area contributed by atoms with E-state index in [0.29, 0.717) is 15.5 Å². The summed E-state index contributed by atoms with van der Waals surface area (Å²) in [7, 11) is -1.34. The van der Waals surface area contributed by atoms with Crippen LogP contribution in [0.2, 0.25) is 10.0 Å². The van der Waals surface area contributed by atoms with Crippen molar-refractivity contribution >= 4 is 112 Å². The van der Waals surface area contributed by atoms with E-state index in [2.05, 4.69) is 92.5 Å². The Hall–Kier alpha value is -4.34. The smallest absolute Gasteiger partial charge is 0.455 e. The average molecular weight is 837 g/mol. The van der Waals surface area contributed by atoms with Crippen LogP contribution in [-0.2, 0) is 0 Å². The van der Waals surface area contributed by atoms with Crippen LogP contribution in [0, 0.1) is 0 Å². The fourth-order valence-corrected chi connectivity index (χ4v) is 7.51. The summed E-state index contributed by atoms with van der Waals surface area (Å²) < 4.78 is 13.9. The van der Waals surface area contributed by atoms with Crippen LogP contribution in [0.4, 0.5) is 0 Å². The molecule has 0 aliphatic carbocycles. The van der Waals surface area contributed by atoms with Gasteiger partial charge in [0.25, 0.3) is 0 Å². The molecule has 0 fully saturated rings. The normalized spacial score (nSPS) is 10.9. The zero-order valence-corrected chi connectivity index (χ0v) is 31.4. The standard InChI is InChI=1S/C24H15ClO.C12H5Br2ClO.C6H7BO2/c25-19-11-12-20-22-14-18(16-7-3-1-4-8-16)13-21(17-9-5-2-6-10-17)24(22)26-23(20)15-19;13-6-3-9-8-2-1-7(15)5-11(8)16-12(9)10(14)4-6;8-7(9)6-4-2-1-3-5-6/h1-15H;1-5H;1-5,8-9H. The second-order valence-electron chi connectivity index (χ2n) is 11.7. The Labute approximate surface area is 321 Å². The lowest BCUT2D eigenvalue weighted by Crippen LogP contribution is -2.29. The van der Waals surface area contributed by atoms with Crippen molar-refractivity contribution in [2.24, 2.45) is 0 Å². The van der Waals surface area contributed by atoms with Gasteiger partial charge in [-0.2, -0.15) is 0 Å². The maximum absolute atomic E-state index is 8.58. The Morgan fingerprint density at radius 3 is 1.53 bits per heavy atom. The van der Waals surface area contributed by atoms with Crippen LogP contribution in [0.1, 0.15) is 0 Å². The Kier molecular flexibility index (Phi) is 10.7. The summed E-state index contributed by atoms with van der Waals surface area (Å²) in [5.41, 5.74) is 8.49. The van der Waals surface area contributed by atoms with Crippen LogP contribution in [0.5, 0.6) is 0 Å². The van der Waals surface area contributed by atoms with Crippen LogP contribution < -0.4 is 5.46 Å². The third kappa shape index (κ3) is 7.80. The molecule has 2 aromatic heterocycles. The second-order valence-corrected chi connectivity index (χ2v) is 14.3. The zero-order valence-electron chi connectivity index (χ0n) is 26.7. The van der Waals surface area contributed by atoms with Gasteiger partial charge in [-0.05, 0) is 86.6 Å². The van der Waals surface area contributed by atoms with Gasteiger partial charge in [-0.1, -0.05) is 130 Å². The molecule has 2 N–H and O–H groups in total. The molecule has 0 amide bonds. The van der Waals surface area contributed by atoms with E-state index in [1.54, 1.807) is 24.3 Å². The third-order valence-corrected chi connectivity index (χ3v) is 9.80. The quantitative estimate of drug-likeness (QED) is 0.174. The van der Waals surface area contributed by atoms with E-state index in [0.717, 1.165) is 63.9 Å². The van der Waals surface area contributed by atoms with E-state index in [1.807, 2.05) is 66.7 Å². The van der Waals surface area contributed by atoms with Crippen LogP contribution in [-0.4, -0.2) is 17.2 Å². The van der Waals surface area contributed by atoms with Crippen molar-refractivity contribution in [3.05, 3.63) is 171 Å². The highest BCUT2D eigenvalue weighted by molar-refractivity contribution is 9.11. The molecule has 4 nitrogen and oxygen atoms in total. The summed E-state index contributed by atoms with van der Waals surface area (Å²) in [6, 6.07) is 49.4. The first-order valence-electron chi connectivity index (χ1n) is 15.9. The zero-order chi connectivity index (χ0) is 35.5. The molecule has 0 saturated carbocycles. The molecule has 51 heavy (non-hydrogen) atoms. The van der Waals surface area contributed by atoms with Gasteiger partial charge >= 0.3 is 7.12 Å². The van der Waals surface area contributed by atoms with Crippen LogP contribution in [0.15, 0.2) is 169 Å². The number of furan rings is 2. The van der Waals surface area contributed by atoms with Crippen LogP contribution in [0.3, 0.4) is 0 Å². The van der Waals surface area contributed by atoms with Gasteiger partial charge in [0.1, 0.15) is 22.3 Å². The lowest BCUT2D eigenvalue weighted by molar-refractivity contribution is 0.426. The second kappa shape index (κ2) is 15.5. The topological polar surface area (TPSA) is 66.7 Å². The van der Waals surface area contributed by atoms with Crippen molar-refractivity contribution in [1.29, 1.82) is 0 Å². The van der Waals surface area contributed by atoms with Gasteiger partial charge in [0.15, 0.2) is 0 Å². The molecule has 0 spiro atoms. The molecular weight excluding hydrogens is 810 g/mol. The molecule has 9 aromatic rings. The van der Waals surface area contributed by atoms with Crippen LogP contribution >= 0.6 is 55.1 Å². The molecule has 2 heterocycles. The molecule has 0 unspecified atom stereocenters. The first-order chi connectivity index (χ1) is 24.7. The summed E-state index contributed by atoms with van der Waals surface area (Å²) >= 11 is 19.1. The molecule has 7 aromatic carbocycles. The lowest BCUT2D eigenvalue weighted by atomic mass is 9.81. The third-order valence-electron chi connectivity index (χ3n) is 8.28. The van der Waals surface area contributed by atoms with Crippen LogP contribution in [0.25, 0.3) is 66.1 Å². The van der Waals surface area contributed by atoms with Crippen molar-refractivity contribution in [2.45, 2.75) is 0 Å². The van der Waals surface area contributed by atoms with E-state index in [-0.39, 0.29) is 0 Å². The first kappa shape index (κ1) is 35.1. The monoisotopic (exact) mass is 834 g/mol. The number of hydrogen-bond acceptors (Lipinski definition) is 4. The van der Waals surface area contributed by atoms with Gasteiger partial charge in [-0.15, -0.1) is 0 Å². The van der Waals surface area contributed by atoms with Gasteiger partial charge in [0, 0.05) is 53.8 Å². The molecule has 9 rings (SSSR count). The molecule has 0 bridgehead atoms. The SMILES string of the molecule is Clc1ccc2c(c1)oc1c(-c3ccccc3)cc(-c3ccccc3)cc12.Clc1ccc2c(c1)oc1c(Br)cc(Br)cc12.OB(O)c1ccccc1. The van der Waals surface area contributed by atoms with Gasteiger partial charge in [0.05, 0.1) is 4.47 Å². The minimum absolute atomic E-state index is 0.525. The van der Waals surface area contributed by atoms with Gasteiger partial charge in [-0.25, -0.2) is 0 Å². The lowest BCUT2D eigenvalue weighted by Gasteiger charge is -2.08. The fourth-order valence-electron chi connectivity index (χ4n) is 5.88. The summed E-state index contributed by atoms with van der Waals surface area (Å²) in [4.78, 5) is 0. The van der Waals surface area contributed by atoms with Crippen molar-refractivity contribution in [3.8, 4) is 22.3 Å². The highest BCUT2D eigenvalue weighted by Gasteiger charge is 2.15. The first-order valence-corrected chi connectivity index (χ1v) is 18.2. The Morgan fingerprint density at radius 2 is 0.980 bits per heavy atom. The Balaban J connectivity index is 0.000000137. The van der Waals surface area contributed by atoms with Crippen molar-refractivity contribution < 1.29 is 18.9 Å². The summed E-state index contributed by atoms with van der Waals surface area (Å²) in [6.45, 7) is 0. The predicted octanol–water partition coefficient (Wildman–Crippen LogP) is 12.7. The molecule has 9 heteroatoms. The van der Waals surface area contributed by atoms with Gasteiger partial charge < -0.3 is 18.9 Å². The Morgan fingerprint density at radius 1 is 0.471 bits per heavy atom. The summed E-state index contributed by atoms with van der Waals surface area (Å²) in [5, 5.41) is 22.9. The largest absolute Gasteiger partial charge is 0.488 e. The molecule has 0 aliphatic heterocycles. The molecule has 250 valence electrons. The number of fused-ring (bicyclic) bond motifs is 6. The summed E-state index contributed by atoms with van der Waals surface area (Å²) in [5.74, 6) is 0. The molecule has 0 saturated heterocycles. The number of benzene rings is 7. The van der Waals surface area contributed by atoms with Crippen molar-refractivity contribution in [1.82, 2.24) is 0 Å². The molecule has 0 radical (unpaired) electrons. The minimum Gasteiger partial charge on any atom is -0.455 e. The van der Waals surface area contributed by atoms with E-state index in [4.69, 9.17) is 42.1 Å². The molecule has 0 atom stereocenters. The average Bonchev–Trinajstić information content (AvgIpc) is 3.70. The number of hydrogen-bond donors (Lipinski definition) is 2. The highest BCUT2D eigenvalue weighted by atomic mass is 79.9. The van der Waals surface area contributed by atoms with E-state index < -0.39 is 7.12 Å². The van der Waals surface area contributed by atoms with Gasteiger partial charge in [0.2, 0.25) is 0 Å². The van der Waals surface area contributed by atoms with E-state index in [9.17, 15) is 0 Å². The highest BCUT2D eigenvalue weighted by Crippen LogP contribution is 2.40.